The van der Waals surface area contributed by atoms with Gasteiger partial charge in [0.15, 0.2) is 6.29 Å². The van der Waals surface area contributed by atoms with Crippen LogP contribution in [0.3, 0.4) is 0 Å². The van der Waals surface area contributed by atoms with Crippen molar-refractivity contribution in [2.75, 3.05) is 6.61 Å². The third kappa shape index (κ3) is 2.77. The molecule has 3 heteroatoms. The second-order valence-electron chi connectivity index (χ2n) is 4.28. The zero-order valence-corrected chi connectivity index (χ0v) is 11.3. The maximum Gasteiger partial charge on any atom is 0.199 e. The molecular formula is C13H17BrO2. The monoisotopic (exact) mass is 284 g/mol. The highest BCUT2D eigenvalue weighted by atomic mass is 79.9. The van der Waals surface area contributed by atoms with Gasteiger partial charge in [0.1, 0.15) is 5.75 Å². The number of halogens is 1. The molecule has 0 unspecified atom stereocenters. The molecule has 0 amide bonds. The highest BCUT2D eigenvalue weighted by Gasteiger charge is 2.17. The topological polar surface area (TPSA) is 18.5 Å². The molecule has 0 radical (unpaired) electrons. The van der Waals surface area contributed by atoms with E-state index in [1.807, 2.05) is 0 Å². The summed E-state index contributed by atoms with van der Waals surface area (Å²) in [5.41, 5.74) is 2.31. The molecule has 0 N–H and O–H groups in total. The zero-order valence-electron chi connectivity index (χ0n) is 9.75. The number of hydrogen-bond donors (Lipinski definition) is 0. The number of benzene rings is 1. The summed E-state index contributed by atoms with van der Waals surface area (Å²) in [5, 5.41) is 0. The van der Waals surface area contributed by atoms with E-state index in [4.69, 9.17) is 9.47 Å². The Labute approximate surface area is 105 Å². The first-order valence-electron chi connectivity index (χ1n) is 5.72. The highest BCUT2D eigenvalue weighted by Crippen LogP contribution is 2.29. The van der Waals surface area contributed by atoms with Crippen LogP contribution >= 0.6 is 15.9 Å². The summed E-state index contributed by atoms with van der Waals surface area (Å²) in [6, 6.07) is 4.15. The van der Waals surface area contributed by atoms with Crippen LogP contribution in [0.4, 0.5) is 0 Å². The predicted molar refractivity (Wildman–Crippen MR) is 67.8 cm³/mol. The molecule has 1 aliphatic heterocycles. The fourth-order valence-electron chi connectivity index (χ4n) is 2.02. The average molecular weight is 285 g/mol. The highest BCUT2D eigenvalue weighted by molar-refractivity contribution is 9.10. The Morgan fingerprint density at radius 3 is 2.50 bits per heavy atom. The SMILES string of the molecule is Cc1cc(Br)cc(C)c1O[C@H]1CCCCO1. The van der Waals surface area contributed by atoms with Crippen LogP contribution in [0.25, 0.3) is 0 Å². The minimum absolute atomic E-state index is 0.0627. The lowest BCUT2D eigenvalue weighted by Crippen LogP contribution is -2.25. The zero-order chi connectivity index (χ0) is 11.5. The first-order chi connectivity index (χ1) is 7.66. The minimum Gasteiger partial charge on any atom is -0.464 e. The van der Waals surface area contributed by atoms with Crippen molar-refractivity contribution < 1.29 is 9.47 Å². The van der Waals surface area contributed by atoms with Crippen LogP contribution in [0.15, 0.2) is 16.6 Å². The van der Waals surface area contributed by atoms with Crippen molar-refractivity contribution >= 4 is 15.9 Å². The van der Waals surface area contributed by atoms with Gasteiger partial charge in [-0.15, -0.1) is 0 Å². The lowest BCUT2D eigenvalue weighted by molar-refractivity contribution is -0.106. The van der Waals surface area contributed by atoms with Gasteiger partial charge in [-0.2, -0.15) is 0 Å². The Balaban J connectivity index is 2.14. The van der Waals surface area contributed by atoms with Gasteiger partial charge in [-0.25, -0.2) is 0 Å². The van der Waals surface area contributed by atoms with Crippen LogP contribution < -0.4 is 4.74 Å². The third-order valence-electron chi connectivity index (χ3n) is 2.81. The smallest absolute Gasteiger partial charge is 0.199 e. The van der Waals surface area contributed by atoms with Crippen LogP contribution in [-0.4, -0.2) is 12.9 Å². The molecular weight excluding hydrogens is 268 g/mol. The Kier molecular flexibility index (Phi) is 3.87. The Morgan fingerprint density at radius 1 is 1.25 bits per heavy atom. The summed E-state index contributed by atoms with van der Waals surface area (Å²) in [6.07, 6.45) is 3.28. The Bertz CT molecular complexity index is 347. The number of aryl methyl sites for hydroxylation is 2. The quantitative estimate of drug-likeness (QED) is 0.818. The minimum atomic E-state index is -0.0627. The summed E-state index contributed by atoms with van der Waals surface area (Å²) in [7, 11) is 0. The Morgan fingerprint density at radius 2 is 1.94 bits per heavy atom. The molecule has 88 valence electrons. The van der Waals surface area contributed by atoms with E-state index < -0.39 is 0 Å². The summed E-state index contributed by atoms with van der Waals surface area (Å²) in [4.78, 5) is 0. The molecule has 16 heavy (non-hydrogen) atoms. The van der Waals surface area contributed by atoms with Gasteiger partial charge in [-0.1, -0.05) is 15.9 Å². The molecule has 0 aromatic heterocycles. The van der Waals surface area contributed by atoms with Crippen LogP contribution in [0.5, 0.6) is 5.75 Å². The van der Waals surface area contributed by atoms with Crippen molar-refractivity contribution in [3.8, 4) is 5.75 Å². The molecule has 1 heterocycles. The van der Waals surface area contributed by atoms with E-state index in [1.165, 1.54) is 6.42 Å². The summed E-state index contributed by atoms with van der Waals surface area (Å²) < 4.78 is 12.6. The molecule has 2 rings (SSSR count). The summed E-state index contributed by atoms with van der Waals surface area (Å²) in [5.74, 6) is 0.968. The van der Waals surface area contributed by atoms with E-state index in [0.29, 0.717) is 0 Å². The van der Waals surface area contributed by atoms with Crippen molar-refractivity contribution in [2.24, 2.45) is 0 Å². The van der Waals surface area contributed by atoms with E-state index in [1.54, 1.807) is 0 Å². The largest absolute Gasteiger partial charge is 0.464 e. The van der Waals surface area contributed by atoms with Gasteiger partial charge >= 0.3 is 0 Å². The van der Waals surface area contributed by atoms with Gasteiger partial charge in [0.2, 0.25) is 0 Å². The summed E-state index contributed by atoms with van der Waals surface area (Å²) >= 11 is 3.49. The van der Waals surface area contributed by atoms with Crippen LogP contribution in [-0.2, 0) is 4.74 Å². The lowest BCUT2D eigenvalue weighted by Gasteiger charge is -2.25. The third-order valence-corrected chi connectivity index (χ3v) is 3.27. The summed E-state index contributed by atoms with van der Waals surface area (Å²) in [6.45, 7) is 4.95. The molecule has 0 spiro atoms. The molecule has 1 fully saturated rings. The van der Waals surface area contributed by atoms with Crippen molar-refractivity contribution in [1.82, 2.24) is 0 Å². The average Bonchev–Trinajstić information content (AvgIpc) is 2.25. The van der Waals surface area contributed by atoms with Gasteiger partial charge in [-0.3, -0.25) is 0 Å². The van der Waals surface area contributed by atoms with E-state index in [9.17, 15) is 0 Å². The maximum absolute atomic E-state index is 5.93. The van der Waals surface area contributed by atoms with Gasteiger partial charge < -0.3 is 9.47 Å². The van der Waals surface area contributed by atoms with Gasteiger partial charge in [0.25, 0.3) is 0 Å². The number of ether oxygens (including phenoxy) is 2. The molecule has 1 saturated heterocycles. The molecule has 1 atom stereocenters. The van der Waals surface area contributed by atoms with Crippen molar-refractivity contribution in [1.29, 1.82) is 0 Å². The van der Waals surface area contributed by atoms with Gasteiger partial charge in [0, 0.05) is 10.9 Å². The lowest BCUT2D eigenvalue weighted by atomic mass is 10.1. The van der Waals surface area contributed by atoms with Crippen LogP contribution in [0.2, 0.25) is 0 Å². The standard InChI is InChI=1S/C13H17BrO2/c1-9-7-11(14)8-10(2)13(9)16-12-5-3-4-6-15-12/h7-8,12H,3-6H2,1-2H3/t12-/m0/s1. The molecule has 0 saturated carbocycles. The molecule has 1 aromatic rings. The predicted octanol–water partition coefficient (Wildman–Crippen LogP) is 3.97. The second-order valence-corrected chi connectivity index (χ2v) is 5.20. The van der Waals surface area contributed by atoms with Crippen LogP contribution in [0.1, 0.15) is 30.4 Å². The van der Waals surface area contributed by atoms with Gasteiger partial charge in [0.05, 0.1) is 6.61 Å². The fourth-order valence-corrected chi connectivity index (χ4v) is 2.71. The van der Waals surface area contributed by atoms with E-state index >= 15 is 0 Å². The molecule has 2 nitrogen and oxygen atoms in total. The molecule has 1 aromatic carbocycles. The molecule has 1 aliphatic rings. The molecule has 0 bridgehead atoms. The maximum atomic E-state index is 5.93. The van der Waals surface area contributed by atoms with Crippen LogP contribution in [0, 0.1) is 13.8 Å². The van der Waals surface area contributed by atoms with E-state index in [-0.39, 0.29) is 6.29 Å². The number of rotatable bonds is 2. The second kappa shape index (κ2) is 5.19. The van der Waals surface area contributed by atoms with Crippen molar-refractivity contribution in [2.45, 2.75) is 39.4 Å². The normalized spacial score (nSPS) is 20.8. The van der Waals surface area contributed by atoms with E-state index in [2.05, 4.69) is 41.9 Å². The van der Waals surface area contributed by atoms with E-state index in [0.717, 1.165) is 40.8 Å². The fraction of sp³-hybridized carbons (Fsp3) is 0.538. The van der Waals surface area contributed by atoms with Gasteiger partial charge in [-0.05, 0) is 49.9 Å². The number of hydrogen-bond acceptors (Lipinski definition) is 2. The molecule has 0 aliphatic carbocycles. The first-order valence-corrected chi connectivity index (χ1v) is 6.51. The van der Waals surface area contributed by atoms with Crippen molar-refractivity contribution in [3.63, 3.8) is 0 Å². The first kappa shape index (κ1) is 11.9. The van der Waals surface area contributed by atoms with Crippen molar-refractivity contribution in [3.05, 3.63) is 27.7 Å². The Hall–Kier alpha value is -0.540.